The van der Waals surface area contributed by atoms with Crippen LogP contribution in [0.15, 0.2) is 11.6 Å². The number of rotatable bonds is 6. The van der Waals surface area contributed by atoms with E-state index in [1.165, 1.54) is 0 Å². The van der Waals surface area contributed by atoms with Gasteiger partial charge in [-0.1, -0.05) is 40.5 Å². The van der Waals surface area contributed by atoms with Gasteiger partial charge in [0.1, 0.15) is 5.31 Å². The van der Waals surface area contributed by atoms with Crippen LogP contribution in [0.3, 0.4) is 0 Å². The average Bonchev–Trinajstić information content (AvgIpc) is 2.17. The quantitative estimate of drug-likeness (QED) is 0.389. The first-order chi connectivity index (χ1) is 7.62. The zero-order chi connectivity index (χ0) is 13.9. The van der Waals surface area contributed by atoms with Gasteiger partial charge in [-0.25, -0.2) is 0 Å². The van der Waals surface area contributed by atoms with Crippen molar-refractivity contribution in [3.8, 4) is 0 Å². The highest BCUT2D eigenvalue weighted by Gasteiger charge is 2.41. The van der Waals surface area contributed by atoms with Crippen molar-refractivity contribution in [3.05, 3.63) is 11.6 Å². The molecular weight excluding hydrogens is 243 g/mol. The number of hydrogen-bond acceptors (Lipinski definition) is 3. The van der Waals surface area contributed by atoms with Crippen molar-refractivity contribution >= 4 is 13.4 Å². The summed E-state index contributed by atoms with van der Waals surface area (Å²) in [5.74, 6) is -0.682. The number of aliphatic hydroxyl groups is 1. The highest BCUT2D eigenvalue weighted by atomic mass is 31.2. The molecule has 5 nitrogen and oxygen atoms in total. The van der Waals surface area contributed by atoms with Crippen LogP contribution in [0.1, 0.15) is 40.5 Å². The monoisotopic (exact) mass is 264 g/mol. The fourth-order valence-corrected chi connectivity index (χ4v) is 2.79. The highest BCUT2D eigenvalue weighted by molar-refractivity contribution is 7.58. The second-order valence-electron chi connectivity index (χ2n) is 4.62. The molecule has 0 spiro atoms. The van der Waals surface area contributed by atoms with E-state index in [0.717, 1.165) is 12.8 Å². The van der Waals surface area contributed by atoms with Crippen LogP contribution in [0.5, 0.6) is 0 Å². The van der Waals surface area contributed by atoms with Gasteiger partial charge in [0.25, 0.3) is 0 Å². The molecule has 0 bridgehead atoms. The molecule has 0 atom stereocenters. The summed E-state index contributed by atoms with van der Waals surface area (Å²) in [7, 11) is -4.73. The Labute approximate surface area is 102 Å². The minimum atomic E-state index is -4.73. The maximum atomic E-state index is 12.1. The van der Waals surface area contributed by atoms with Crippen molar-refractivity contribution in [1.29, 1.82) is 0 Å². The lowest BCUT2D eigenvalue weighted by Gasteiger charge is -2.32. The van der Waals surface area contributed by atoms with E-state index in [2.05, 4.69) is 0 Å². The summed E-state index contributed by atoms with van der Waals surface area (Å²) in [6, 6.07) is 0. The Morgan fingerprint density at radius 2 is 1.71 bits per heavy atom. The molecule has 0 aromatic rings. The summed E-state index contributed by atoms with van der Waals surface area (Å²) in [4.78, 5) is 30.1. The Hall–Kier alpha value is -0.640. The number of hydrogen-bond donors (Lipinski definition) is 3. The third-order valence-electron chi connectivity index (χ3n) is 3.26. The second-order valence-corrected chi connectivity index (χ2v) is 6.19. The van der Waals surface area contributed by atoms with Gasteiger partial charge in [-0.15, -0.1) is 0 Å². The topological polar surface area (TPSA) is 94.8 Å². The minimum Gasteiger partial charge on any atom is -0.514 e. The zero-order valence-electron chi connectivity index (χ0n) is 10.7. The van der Waals surface area contributed by atoms with Gasteiger partial charge < -0.3 is 14.9 Å². The predicted octanol–water partition coefficient (Wildman–Crippen LogP) is 2.60. The molecule has 0 amide bonds. The summed E-state index contributed by atoms with van der Waals surface area (Å²) in [6.07, 6.45) is 1.69. The van der Waals surface area contributed by atoms with Gasteiger partial charge in [-0.05, 0) is 5.92 Å². The number of ketones is 1. The number of allylic oxidation sites excluding steroid dienone is 1. The van der Waals surface area contributed by atoms with E-state index in [-0.39, 0.29) is 12.2 Å². The van der Waals surface area contributed by atoms with E-state index in [1.54, 1.807) is 13.8 Å². The molecule has 0 unspecified atom stereocenters. The third-order valence-corrected chi connectivity index (χ3v) is 4.21. The summed E-state index contributed by atoms with van der Waals surface area (Å²) in [5.41, 5.74) is -0.904. The maximum Gasteiger partial charge on any atom is 0.362 e. The first-order valence-corrected chi connectivity index (χ1v) is 7.19. The maximum absolute atomic E-state index is 12.1. The minimum absolute atomic E-state index is 0.0106. The summed E-state index contributed by atoms with van der Waals surface area (Å²) in [5, 5.41) is 8.04. The van der Waals surface area contributed by atoms with Gasteiger partial charge in [-0.2, -0.15) is 0 Å². The molecule has 0 saturated carbocycles. The van der Waals surface area contributed by atoms with Gasteiger partial charge >= 0.3 is 7.60 Å². The van der Waals surface area contributed by atoms with Crippen molar-refractivity contribution in [2.45, 2.75) is 40.5 Å². The molecular formula is C11H21O5P. The Balaban J connectivity index is 5.36. The Morgan fingerprint density at radius 3 is 1.94 bits per heavy atom. The van der Waals surface area contributed by atoms with E-state index in [1.807, 2.05) is 13.8 Å². The molecule has 0 rings (SSSR count). The zero-order valence-corrected chi connectivity index (χ0v) is 11.6. The van der Waals surface area contributed by atoms with Crippen LogP contribution < -0.4 is 0 Å². The van der Waals surface area contributed by atoms with Crippen LogP contribution >= 0.6 is 7.60 Å². The third kappa shape index (κ3) is 3.66. The first-order valence-electron chi connectivity index (χ1n) is 5.58. The van der Waals surface area contributed by atoms with Crippen molar-refractivity contribution < 1.29 is 24.3 Å². The Bertz CT molecular complexity index is 349. The molecule has 3 N–H and O–H groups in total. The molecule has 0 aromatic heterocycles. The molecule has 100 valence electrons. The lowest BCUT2D eigenvalue weighted by Crippen LogP contribution is -2.33. The molecule has 0 heterocycles. The fourth-order valence-electron chi connectivity index (χ4n) is 2.09. The fraction of sp³-hybridized carbons (Fsp3) is 0.727. The molecule has 0 aliphatic rings. The molecule has 0 saturated heterocycles. The van der Waals surface area contributed by atoms with E-state index in [0.29, 0.717) is 0 Å². The average molecular weight is 264 g/mol. The van der Waals surface area contributed by atoms with Gasteiger partial charge in [0.2, 0.25) is 0 Å². The summed E-state index contributed by atoms with van der Waals surface area (Å²) < 4.78 is 11.1. The van der Waals surface area contributed by atoms with Crippen LogP contribution in [0.2, 0.25) is 0 Å². The van der Waals surface area contributed by atoms with Crippen molar-refractivity contribution in [1.82, 2.24) is 0 Å². The number of carbonyl (C=O) groups excluding carboxylic acids is 1. The number of Topliss-reactive ketones (excluding diaryl/α,β-unsaturated/α-hetero) is 1. The number of carbonyl (C=O) groups is 1. The van der Waals surface area contributed by atoms with Crippen LogP contribution in [0, 0.1) is 11.3 Å². The van der Waals surface area contributed by atoms with Crippen molar-refractivity contribution in [3.63, 3.8) is 0 Å². The normalized spacial score (nSPS) is 14.2. The standard InChI is InChI=1S/C11H21O5P/c1-5-8(6-2)11(3,4)10(13)9(7-12)17(14,15)16/h7-8,12H,5-6H2,1-4H3,(H2,14,15,16). The lowest BCUT2D eigenvalue weighted by molar-refractivity contribution is -0.125. The van der Waals surface area contributed by atoms with Crippen LogP contribution in [-0.4, -0.2) is 20.7 Å². The van der Waals surface area contributed by atoms with E-state index in [9.17, 15) is 9.36 Å². The Kier molecular flexibility index (Phi) is 5.59. The molecule has 17 heavy (non-hydrogen) atoms. The van der Waals surface area contributed by atoms with Crippen molar-refractivity contribution in [2.75, 3.05) is 0 Å². The van der Waals surface area contributed by atoms with Gasteiger partial charge in [0.15, 0.2) is 5.78 Å². The summed E-state index contributed by atoms with van der Waals surface area (Å²) >= 11 is 0. The smallest absolute Gasteiger partial charge is 0.362 e. The molecule has 6 heteroatoms. The molecule has 0 aliphatic carbocycles. The van der Waals surface area contributed by atoms with Crippen LogP contribution in [0.4, 0.5) is 0 Å². The van der Waals surface area contributed by atoms with Crippen LogP contribution in [0.25, 0.3) is 0 Å². The second kappa shape index (κ2) is 5.80. The molecule has 0 aromatic carbocycles. The van der Waals surface area contributed by atoms with Gasteiger partial charge in [0, 0.05) is 5.41 Å². The molecule has 0 aliphatic heterocycles. The molecule has 0 radical (unpaired) electrons. The lowest BCUT2D eigenvalue weighted by atomic mass is 9.72. The predicted molar refractivity (Wildman–Crippen MR) is 65.6 cm³/mol. The van der Waals surface area contributed by atoms with E-state index >= 15 is 0 Å². The summed E-state index contributed by atoms with van der Waals surface area (Å²) in [6.45, 7) is 7.13. The van der Waals surface area contributed by atoms with Crippen LogP contribution in [-0.2, 0) is 9.36 Å². The largest absolute Gasteiger partial charge is 0.514 e. The Morgan fingerprint density at radius 1 is 1.29 bits per heavy atom. The van der Waals surface area contributed by atoms with E-state index in [4.69, 9.17) is 14.9 Å². The number of aliphatic hydroxyl groups excluding tert-OH is 1. The first kappa shape index (κ1) is 16.4. The van der Waals surface area contributed by atoms with E-state index < -0.39 is 24.1 Å². The van der Waals surface area contributed by atoms with Gasteiger partial charge in [-0.3, -0.25) is 9.36 Å². The highest BCUT2D eigenvalue weighted by Crippen LogP contribution is 2.49. The molecule has 0 fully saturated rings. The van der Waals surface area contributed by atoms with Gasteiger partial charge in [0.05, 0.1) is 6.26 Å². The van der Waals surface area contributed by atoms with Crippen molar-refractivity contribution in [2.24, 2.45) is 11.3 Å². The SMILES string of the molecule is CCC(CC)C(C)(C)C(=O)C(=CO)P(=O)(O)O.